The molecule has 0 heterocycles. The van der Waals surface area contributed by atoms with E-state index in [1.54, 1.807) is 6.08 Å². The molecule has 0 spiro atoms. The van der Waals surface area contributed by atoms with Gasteiger partial charge in [0.25, 0.3) is 0 Å². The van der Waals surface area contributed by atoms with Gasteiger partial charge in [-0.25, -0.2) is 0 Å². The van der Waals surface area contributed by atoms with E-state index in [9.17, 15) is 0 Å². The molecule has 0 N–H and O–H groups in total. The maximum Gasteiger partial charge on any atom is 0.152 e. The molecule has 20 heavy (non-hydrogen) atoms. The fourth-order valence-corrected chi connectivity index (χ4v) is 4.07. The van der Waals surface area contributed by atoms with E-state index in [0.29, 0.717) is 5.16 Å². The van der Waals surface area contributed by atoms with Gasteiger partial charge in [0.15, 0.2) is 5.16 Å². The zero-order valence-electron chi connectivity index (χ0n) is 10.0. The van der Waals surface area contributed by atoms with Gasteiger partial charge < -0.3 is 0 Å². The molecule has 0 aliphatic carbocycles. The molecule has 0 amide bonds. The van der Waals surface area contributed by atoms with Crippen LogP contribution in [0.3, 0.4) is 0 Å². The van der Waals surface area contributed by atoms with Crippen LogP contribution >= 0.6 is 59.4 Å². The lowest BCUT2D eigenvalue weighted by atomic mass is 10.2. The van der Waals surface area contributed by atoms with Gasteiger partial charge >= 0.3 is 0 Å². The maximum atomic E-state index is 6.10. The Morgan fingerprint density at radius 3 is 2.20 bits per heavy atom. The van der Waals surface area contributed by atoms with Crippen LogP contribution in [0.5, 0.6) is 0 Å². The van der Waals surface area contributed by atoms with E-state index in [1.807, 2.05) is 42.5 Å². The summed E-state index contributed by atoms with van der Waals surface area (Å²) in [6, 6.07) is 13.3. The summed E-state index contributed by atoms with van der Waals surface area (Å²) in [5, 5.41) is 8.36. The fraction of sp³-hybridized carbons (Fsp3) is 0. The quantitative estimate of drug-likeness (QED) is 0.326. The van der Waals surface area contributed by atoms with Gasteiger partial charge in [0.05, 0.1) is 5.69 Å². The van der Waals surface area contributed by atoms with Crippen molar-refractivity contribution in [3.8, 4) is 0 Å². The molecule has 2 nitrogen and oxygen atoms in total. The van der Waals surface area contributed by atoms with Crippen molar-refractivity contribution in [3.63, 3.8) is 0 Å². The van der Waals surface area contributed by atoms with Crippen LogP contribution in [0.1, 0.15) is 5.56 Å². The average molecular weight is 479 g/mol. The summed E-state index contributed by atoms with van der Waals surface area (Å²) in [7, 11) is 0. The second kappa shape index (κ2) is 7.50. The van der Waals surface area contributed by atoms with Gasteiger partial charge in [-0.3, -0.25) is 0 Å². The van der Waals surface area contributed by atoms with Gasteiger partial charge in [0.2, 0.25) is 0 Å². The van der Waals surface area contributed by atoms with Gasteiger partial charge in [-0.2, -0.15) is 0 Å². The molecule has 0 radical (unpaired) electrons. The van der Waals surface area contributed by atoms with Crippen molar-refractivity contribution in [2.24, 2.45) is 10.2 Å². The number of benzene rings is 2. The zero-order valence-corrected chi connectivity index (χ0v) is 15.5. The first-order chi connectivity index (χ1) is 9.56. The molecule has 0 bridgehead atoms. The molecule has 2 aromatic carbocycles. The molecule has 0 saturated heterocycles. The zero-order chi connectivity index (χ0) is 14.5. The van der Waals surface area contributed by atoms with Crippen molar-refractivity contribution in [1.82, 2.24) is 0 Å². The lowest BCUT2D eigenvalue weighted by molar-refractivity contribution is 1.21. The minimum Gasteiger partial charge on any atom is -0.150 e. The highest BCUT2D eigenvalue weighted by Crippen LogP contribution is 2.32. The Morgan fingerprint density at radius 1 is 1.00 bits per heavy atom. The number of nitrogens with zero attached hydrogens (tertiary/aromatic N) is 2. The summed E-state index contributed by atoms with van der Waals surface area (Å²) in [4.78, 5) is 0. The average Bonchev–Trinajstić information content (AvgIpc) is 2.42. The van der Waals surface area contributed by atoms with Crippen LogP contribution in [0.2, 0.25) is 0 Å². The van der Waals surface area contributed by atoms with E-state index >= 15 is 0 Å². The first-order valence-corrected chi connectivity index (χ1v) is 8.30. The Morgan fingerprint density at radius 2 is 1.60 bits per heavy atom. The van der Waals surface area contributed by atoms with E-state index in [-0.39, 0.29) is 0 Å². The van der Waals surface area contributed by atoms with Crippen LogP contribution < -0.4 is 0 Å². The van der Waals surface area contributed by atoms with Crippen molar-refractivity contribution < 1.29 is 0 Å². The molecule has 0 aromatic heterocycles. The van der Waals surface area contributed by atoms with Crippen molar-refractivity contribution >= 4 is 71.2 Å². The molecule has 2 rings (SSSR count). The second-order valence-corrected chi connectivity index (χ2v) is 6.80. The number of hydrogen-bond acceptors (Lipinski definition) is 2. The molecule has 0 atom stereocenters. The lowest BCUT2D eigenvalue weighted by Crippen LogP contribution is -1.80. The molecule has 0 aliphatic rings. The van der Waals surface area contributed by atoms with Crippen molar-refractivity contribution in [2.45, 2.75) is 0 Å². The van der Waals surface area contributed by atoms with Crippen molar-refractivity contribution in [1.29, 1.82) is 0 Å². The molecular weight excluding hydrogens is 471 g/mol. The van der Waals surface area contributed by atoms with E-state index in [4.69, 9.17) is 11.6 Å². The number of rotatable bonds is 3. The highest BCUT2D eigenvalue weighted by atomic mass is 79.9. The molecule has 2 aromatic rings. The first kappa shape index (κ1) is 15.9. The fourth-order valence-electron chi connectivity index (χ4n) is 1.44. The second-order valence-electron chi connectivity index (χ2n) is 3.79. The van der Waals surface area contributed by atoms with Gasteiger partial charge in [0.1, 0.15) is 0 Å². The summed E-state index contributed by atoms with van der Waals surface area (Å²) >= 11 is 16.5. The number of halogens is 4. The number of azo groups is 1. The smallest absolute Gasteiger partial charge is 0.150 e. The molecule has 6 heteroatoms. The molecule has 0 unspecified atom stereocenters. The van der Waals surface area contributed by atoms with Crippen molar-refractivity contribution in [3.05, 3.63) is 66.6 Å². The van der Waals surface area contributed by atoms with E-state index in [0.717, 1.165) is 24.7 Å². The van der Waals surface area contributed by atoms with E-state index < -0.39 is 0 Å². The van der Waals surface area contributed by atoms with Crippen LogP contribution in [0.25, 0.3) is 6.08 Å². The van der Waals surface area contributed by atoms with Crippen LogP contribution in [-0.4, -0.2) is 0 Å². The standard InChI is InChI=1S/C14H8Br3ClN2/c15-9-6-12(16)11(13(17)7-9)8-14(18)20-19-10-4-2-1-3-5-10/h1-8H/b14-8-,20-19?. The molecular formula is C14H8Br3ClN2. The summed E-state index contributed by atoms with van der Waals surface area (Å²) < 4.78 is 2.79. The van der Waals surface area contributed by atoms with Crippen LogP contribution in [0.15, 0.2) is 71.3 Å². The van der Waals surface area contributed by atoms with Gasteiger partial charge in [-0.1, -0.05) is 77.6 Å². The Balaban J connectivity index is 2.25. The third kappa shape index (κ3) is 4.52. The highest BCUT2D eigenvalue weighted by molar-refractivity contribution is 9.11. The summed E-state index contributed by atoms with van der Waals surface area (Å²) in [5.41, 5.74) is 1.66. The Labute approximate surface area is 147 Å². The summed E-state index contributed by atoms with van der Waals surface area (Å²) in [6.45, 7) is 0. The van der Waals surface area contributed by atoms with Crippen LogP contribution in [0.4, 0.5) is 5.69 Å². The topological polar surface area (TPSA) is 24.7 Å². The summed E-state index contributed by atoms with van der Waals surface area (Å²) in [5.74, 6) is 0. The highest BCUT2D eigenvalue weighted by Gasteiger charge is 2.05. The Hall–Kier alpha value is -0.490. The third-order valence-corrected chi connectivity index (χ3v) is 4.28. The minimum atomic E-state index is 0.303. The molecule has 0 fully saturated rings. The molecule has 102 valence electrons. The first-order valence-electron chi connectivity index (χ1n) is 5.55. The largest absolute Gasteiger partial charge is 0.152 e. The minimum absolute atomic E-state index is 0.303. The SMILES string of the molecule is Cl/C(=C/c1c(Br)cc(Br)cc1Br)N=Nc1ccccc1. The van der Waals surface area contributed by atoms with Gasteiger partial charge in [0, 0.05) is 19.0 Å². The van der Waals surface area contributed by atoms with E-state index in [1.165, 1.54) is 0 Å². The molecule has 0 saturated carbocycles. The van der Waals surface area contributed by atoms with Crippen LogP contribution in [-0.2, 0) is 0 Å². The monoisotopic (exact) mass is 476 g/mol. The maximum absolute atomic E-state index is 6.10. The summed E-state index contributed by atoms with van der Waals surface area (Å²) in [6.07, 6.45) is 1.74. The van der Waals surface area contributed by atoms with E-state index in [2.05, 4.69) is 58.0 Å². The van der Waals surface area contributed by atoms with Gasteiger partial charge in [-0.15, -0.1) is 10.2 Å². The number of hydrogen-bond donors (Lipinski definition) is 0. The Bertz CT molecular complexity index is 646. The van der Waals surface area contributed by atoms with Crippen LogP contribution in [0, 0.1) is 0 Å². The predicted molar refractivity (Wildman–Crippen MR) is 94.3 cm³/mol. The van der Waals surface area contributed by atoms with Crippen molar-refractivity contribution in [2.75, 3.05) is 0 Å². The third-order valence-electron chi connectivity index (χ3n) is 2.32. The predicted octanol–water partition coefficient (Wildman–Crippen LogP) is 7.30. The van der Waals surface area contributed by atoms with Gasteiger partial charge in [-0.05, 0) is 30.3 Å². The molecule has 0 aliphatic heterocycles. The lowest BCUT2D eigenvalue weighted by Gasteiger charge is -2.03. The normalized spacial score (nSPS) is 12.1. The Kier molecular flexibility index (Phi) is 5.96.